The van der Waals surface area contributed by atoms with Crippen LogP contribution in [0.2, 0.25) is 0 Å². The van der Waals surface area contributed by atoms with Gasteiger partial charge in [0.15, 0.2) is 5.78 Å². The summed E-state index contributed by atoms with van der Waals surface area (Å²) < 4.78 is 18.2. The fourth-order valence-electron chi connectivity index (χ4n) is 4.32. The van der Waals surface area contributed by atoms with Crippen molar-refractivity contribution in [2.75, 3.05) is 18.4 Å². The Morgan fingerprint density at radius 3 is 2.90 bits per heavy atom. The molecule has 0 atom stereocenters. The van der Waals surface area contributed by atoms with E-state index in [4.69, 9.17) is 4.63 Å². The SMILES string of the molecule is O=C1CC2(CCN(C(=O)NCc3cccc4nonc34)CC2)Nc2ccc(F)cc21. The number of nitrogens with zero attached hydrogens (tertiary/aromatic N) is 3. The Kier molecular flexibility index (Phi) is 4.38. The largest absolute Gasteiger partial charge is 0.378 e. The number of hydrogen-bond donors (Lipinski definition) is 2. The number of rotatable bonds is 2. The maximum Gasteiger partial charge on any atom is 0.317 e. The molecule has 1 saturated heterocycles. The summed E-state index contributed by atoms with van der Waals surface area (Å²) in [5, 5.41) is 14.0. The van der Waals surface area contributed by atoms with Crippen molar-refractivity contribution in [1.29, 1.82) is 0 Å². The summed E-state index contributed by atoms with van der Waals surface area (Å²) in [5.74, 6) is -0.473. The molecular formula is C21H20FN5O3. The third-order valence-corrected chi connectivity index (χ3v) is 5.99. The van der Waals surface area contributed by atoms with Crippen molar-refractivity contribution in [3.05, 3.63) is 53.3 Å². The number of carbonyl (C=O) groups excluding carboxylic acids is 2. The number of fused-ring (bicyclic) bond motifs is 2. The first-order chi connectivity index (χ1) is 14.5. The van der Waals surface area contributed by atoms with Gasteiger partial charge in [0.1, 0.15) is 16.9 Å². The maximum atomic E-state index is 13.5. The van der Waals surface area contributed by atoms with Gasteiger partial charge in [-0.2, -0.15) is 0 Å². The Balaban J connectivity index is 1.22. The molecule has 0 bridgehead atoms. The Bertz CT molecular complexity index is 1140. The van der Waals surface area contributed by atoms with Crippen molar-refractivity contribution >= 4 is 28.5 Å². The minimum atomic E-state index is -0.413. The zero-order valence-electron chi connectivity index (χ0n) is 16.2. The molecule has 0 unspecified atom stereocenters. The number of urea groups is 1. The molecule has 3 heterocycles. The van der Waals surface area contributed by atoms with Crippen LogP contribution in [-0.4, -0.2) is 45.7 Å². The summed E-state index contributed by atoms with van der Waals surface area (Å²) in [6, 6.07) is 9.59. The average molecular weight is 409 g/mol. The Labute approximate surface area is 171 Å². The number of amides is 2. The van der Waals surface area contributed by atoms with Crippen LogP contribution >= 0.6 is 0 Å². The van der Waals surface area contributed by atoms with Crippen LogP contribution in [0.25, 0.3) is 11.0 Å². The van der Waals surface area contributed by atoms with Gasteiger partial charge in [-0.3, -0.25) is 4.79 Å². The van der Waals surface area contributed by atoms with E-state index in [0.717, 1.165) is 5.56 Å². The number of piperidine rings is 1. The zero-order chi connectivity index (χ0) is 20.7. The van der Waals surface area contributed by atoms with Gasteiger partial charge in [0.05, 0.1) is 0 Å². The summed E-state index contributed by atoms with van der Waals surface area (Å²) in [5.41, 5.74) is 2.79. The van der Waals surface area contributed by atoms with Gasteiger partial charge in [0.2, 0.25) is 0 Å². The molecular weight excluding hydrogens is 389 g/mol. The summed E-state index contributed by atoms with van der Waals surface area (Å²) in [6.07, 6.45) is 1.59. The highest BCUT2D eigenvalue weighted by molar-refractivity contribution is 6.04. The topological polar surface area (TPSA) is 100 Å². The number of Topliss-reactive ketones (excluding diaryl/α,β-unsaturated/α-hetero) is 1. The van der Waals surface area contributed by atoms with Gasteiger partial charge in [0.25, 0.3) is 0 Å². The van der Waals surface area contributed by atoms with E-state index < -0.39 is 11.4 Å². The molecule has 154 valence electrons. The van der Waals surface area contributed by atoms with Crippen molar-refractivity contribution in [1.82, 2.24) is 20.5 Å². The molecule has 5 rings (SSSR count). The van der Waals surface area contributed by atoms with Crippen molar-refractivity contribution in [2.45, 2.75) is 31.3 Å². The van der Waals surface area contributed by atoms with Crippen molar-refractivity contribution in [2.24, 2.45) is 0 Å². The first kappa shape index (κ1) is 18.5. The Hall–Kier alpha value is -3.49. The van der Waals surface area contributed by atoms with Crippen molar-refractivity contribution in [3.63, 3.8) is 0 Å². The minimum Gasteiger partial charge on any atom is -0.378 e. The summed E-state index contributed by atoms with van der Waals surface area (Å²) in [4.78, 5) is 26.9. The Morgan fingerprint density at radius 1 is 1.23 bits per heavy atom. The first-order valence-electron chi connectivity index (χ1n) is 9.87. The normalized spacial score (nSPS) is 17.6. The molecule has 8 nitrogen and oxygen atoms in total. The number of carbonyl (C=O) groups is 2. The van der Waals surface area contributed by atoms with E-state index in [1.165, 1.54) is 12.1 Å². The van der Waals surface area contributed by atoms with Gasteiger partial charge >= 0.3 is 6.03 Å². The number of hydrogen-bond acceptors (Lipinski definition) is 6. The van der Waals surface area contributed by atoms with E-state index in [2.05, 4.69) is 20.9 Å². The van der Waals surface area contributed by atoms with Crippen molar-refractivity contribution in [3.8, 4) is 0 Å². The average Bonchev–Trinajstić information content (AvgIpc) is 3.23. The van der Waals surface area contributed by atoms with Crippen LogP contribution in [0.4, 0.5) is 14.9 Å². The first-order valence-corrected chi connectivity index (χ1v) is 9.87. The number of aromatic nitrogens is 2. The summed E-state index contributed by atoms with van der Waals surface area (Å²) >= 11 is 0. The second-order valence-corrected chi connectivity index (χ2v) is 7.89. The molecule has 30 heavy (non-hydrogen) atoms. The van der Waals surface area contributed by atoms with Crippen LogP contribution in [0.5, 0.6) is 0 Å². The summed E-state index contributed by atoms with van der Waals surface area (Å²) in [7, 11) is 0. The molecule has 1 aromatic heterocycles. The fraction of sp³-hybridized carbons (Fsp3) is 0.333. The third-order valence-electron chi connectivity index (χ3n) is 5.99. The lowest BCUT2D eigenvalue weighted by Gasteiger charge is -2.45. The highest BCUT2D eigenvalue weighted by atomic mass is 19.1. The van der Waals surface area contributed by atoms with Gasteiger partial charge in [-0.15, -0.1) is 0 Å². The Morgan fingerprint density at radius 2 is 2.07 bits per heavy atom. The molecule has 3 aromatic rings. The quantitative estimate of drug-likeness (QED) is 0.675. The molecule has 1 fully saturated rings. The number of nitrogens with one attached hydrogen (secondary N) is 2. The lowest BCUT2D eigenvalue weighted by Crippen LogP contribution is -2.55. The van der Waals surface area contributed by atoms with E-state index in [-0.39, 0.29) is 11.8 Å². The highest BCUT2D eigenvalue weighted by Gasteiger charge is 2.41. The predicted molar refractivity (Wildman–Crippen MR) is 107 cm³/mol. The van der Waals surface area contributed by atoms with E-state index in [9.17, 15) is 14.0 Å². The molecule has 2 aliphatic rings. The van der Waals surface area contributed by atoms with Crippen LogP contribution in [0.1, 0.15) is 35.2 Å². The van der Waals surface area contributed by atoms with Gasteiger partial charge in [-0.1, -0.05) is 12.1 Å². The lowest BCUT2D eigenvalue weighted by atomic mass is 9.78. The molecule has 0 radical (unpaired) electrons. The van der Waals surface area contributed by atoms with Crippen LogP contribution < -0.4 is 10.6 Å². The van der Waals surface area contributed by atoms with Crippen molar-refractivity contribution < 1.29 is 18.6 Å². The fourth-order valence-corrected chi connectivity index (χ4v) is 4.32. The summed E-state index contributed by atoms with van der Waals surface area (Å²) in [6.45, 7) is 1.37. The number of benzene rings is 2. The smallest absolute Gasteiger partial charge is 0.317 e. The number of halogens is 1. The minimum absolute atomic E-state index is 0.0598. The van der Waals surface area contributed by atoms with Gasteiger partial charge in [0, 0.05) is 48.4 Å². The van der Waals surface area contributed by atoms with Crippen LogP contribution in [0.15, 0.2) is 41.0 Å². The van der Waals surface area contributed by atoms with Crippen LogP contribution in [0, 0.1) is 5.82 Å². The lowest BCUT2D eigenvalue weighted by molar-refractivity contribution is 0.0915. The maximum absolute atomic E-state index is 13.5. The number of anilines is 1. The second kappa shape index (κ2) is 7.08. The number of likely N-dealkylation sites (tertiary alicyclic amines) is 1. The van der Waals surface area contributed by atoms with Crippen LogP contribution in [-0.2, 0) is 6.54 Å². The van der Waals surface area contributed by atoms with Crippen LogP contribution in [0.3, 0.4) is 0 Å². The zero-order valence-corrected chi connectivity index (χ0v) is 16.2. The standard InChI is InChI=1S/C21H20FN5O3/c22-14-4-5-16-15(10-14)18(28)11-21(24-16)6-8-27(9-7-21)20(29)23-12-13-2-1-3-17-19(13)26-30-25-17/h1-5,10,24H,6-9,11-12H2,(H,23,29). The molecule has 2 N–H and O–H groups in total. The van der Waals surface area contributed by atoms with Gasteiger partial charge in [-0.25, -0.2) is 13.8 Å². The third kappa shape index (κ3) is 3.26. The monoisotopic (exact) mass is 409 g/mol. The molecule has 2 aliphatic heterocycles. The second-order valence-electron chi connectivity index (χ2n) is 7.89. The predicted octanol–water partition coefficient (Wildman–Crippen LogP) is 3.10. The highest BCUT2D eigenvalue weighted by Crippen LogP contribution is 2.37. The molecule has 0 saturated carbocycles. The van der Waals surface area contributed by atoms with E-state index in [1.807, 2.05) is 12.1 Å². The molecule has 1 spiro atoms. The number of ketones is 1. The molecule has 2 aromatic carbocycles. The van der Waals surface area contributed by atoms with E-state index >= 15 is 0 Å². The van der Waals surface area contributed by atoms with Gasteiger partial charge < -0.3 is 15.5 Å². The molecule has 0 aliphatic carbocycles. The molecule has 9 heteroatoms. The van der Waals surface area contributed by atoms with E-state index in [0.29, 0.717) is 61.2 Å². The van der Waals surface area contributed by atoms with Gasteiger partial charge in [-0.05, 0) is 47.4 Å². The van der Waals surface area contributed by atoms with E-state index in [1.54, 1.807) is 17.0 Å². The molecule has 2 amide bonds.